The lowest BCUT2D eigenvalue weighted by Gasteiger charge is -2.34. The van der Waals surface area contributed by atoms with Gasteiger partial charge in [-0.05, 0) is 26.0 Å². The Kier molecular flexibility index (Phi) is 3.89. The van der Waals surface area contributed by atoms with E-state index in [9.17, 15) is 13.2 Å². The summed E-state index contributed by atoms with van der Waals surface area (Å²) in [5, 5.41) is 2.73. The predicted octanol–water partition coefficient (Wildman–Crippen LogP) is 0.738. The van der Waals surface area contributed by atoms with Crippen molar-refractivity contribution in [3.05, 3.63) is 24.3 Å². The molecule has 0 radical (unpaired) electrons. The first-order valence-electron chi connectivity index (χ1n) is 6.33. The van der Waals surface area contributed by atoms with E-state index in [2.05, 4.69) is 5.32 Å². The maximum absolute atomic E-state index is 12.0. The second kappa shape index (κ2) is 5.32. The van der Waals surface area contributed by atoms with Gasteiger partial charge < -0.3 is 10.1 Å². The van der Waals surface area contributed by atoms with Gasteiger partial charge in [-0.2, -0.15) is 0 Å². The number of rotatable bonds is 3. The van der Waals surface area contributed by atoms with Gasteiger partial charge in [-0.1, -0.05) is 12.1 Å². The summed E-state index contributed by atoms with van der Waals surface area (Å²) in [4.78, 5) is 12.0. The van der Waals surface area contributed by atoms with E-state index in [4.69, 9.17) is 4.74 Å². The monoisotopic (exact) mass is 298 g/mol. The zero-order chi connectivity index (χ0) is 14.9. The lowest BCUT2D eigenvalue weighted by Crippen LogP contribution is -2.51. The molecular formula is C13H18N2O4S. The number of nitrogens with zero attached hydrogens (tertiary/aromatic N) is 1. The Labute approximate surface area is 118 Å². The number of hydrogen-bond acceptors (Lipinski definition) is 4. The zero-order valence-electron chi connectivity index (χ0n) is 11.7. The molecule has 1 aromatic rings. The predicted molar refractivity (Wildman–Crippen MR) is 76.3 cm³/mol. The van der Waals surface area contributed by atoms with Crippen molar-refractivity contribution in [1.29, 1.82) is 0 Å². The topological polar surface area (TPSA) is 75.7 Å². The molecule has 1 aliphatic heterocycles. The van der Waals surface area contributed by atoms with Crippen LogP contribution in [0, 0.1) is 0 Å². The van der Waals surface area contributed by atoms with E-state index in [0.717, 1.165) is 6.26 Å². The zero-order valence-corrected chi connectivity index (χ0v) is 12.5. The first-order valence-corrected chi connectivity index (χ1v) is 8.17. The van der Waals surface area contributed by atoms with Crippen molar-refractivity contribution < 1.29 is 17.9 Å². The largest absolute Gasteiger partial charge is 0.476 e. The average Bonchev–Trinajstić information content (AvgIpc) is 2.35. The fraction of sp³-hybridized carbons (Fsp3) is 0.462. The van der Waals surface area contributed by atoms with E-state index < -0.39 is 16.1 Å². The number of para-hydroxylation sites is 2. The van der Waals surface area contributed by atoms with E-state index in [1.807, 2.05) is 13.8 Å². The van der Waals surface area contributed by atoms with Gasteiger partial charge in [-0.25, -0.2) is 8.42 Å². The molecule has 1 heterocycles. The number of ether oxygens (including phenoxy) is 1. The number of anilines is 1. The van der Waals surface area contributed by atoms with E-state index >= 15 is 0 Å². The highest BCUT2D eigenvalue weighted by Crippen LogP contribution is 2.34. The van der Waals surface area contributed by atoms with Crippen molar-refractivity contribution in [2.45, 2.75) is 26.0 Å². The summed E-state index contributed by atoms with van der Waals surface area (Å²) < 4.78 is 30.6. The van der Waals surface area contributed by atoms with E-state index in [1.165, 1.54) is 4.31 Å². The highest BCUT2D eigenvalue weighted by atomic mass is 32.2. The number of fused-ring (bicyclic) bond motifs is 1. The minimum atomic E-state index is -3.46. The molecule has 1 N–H and O–H groups in total. The van der Waals surface area contributed by atoms with Crippen molar-refractivity contribution in [3.63, 3.8) is 0 Å². The first-order chi connectivity index (χ1) is 9.29. The Balaban J connectivity index is 2.34. The molecule has 6 nitrogen and oxygen atoms in total. The summed E-state index contributed by atoms with van der Waals surface area (Å²) in [5.74, 6) is 0.0798. The third-order valence-corrected chi connectivity index (χ3v) is 4.00. The van der Waals surface area contributed by atoms with Crippen molar-refractivity contribution >= 4 is 21.6 Å². The van der Waals surface area contributed by atoms with Gasteiger partial charge in [0, 0.05) is 6.04 Å². The van der Waals surface area contributed by atoms with E-state index in [1.54, 1.807) is 24.3 Å². The Bertz CT molecular complexity index is 613. The van der Waals surface area contributed by atoms with Crippen LogP contribution in [-0.2, 0) is 14.8 Å². The van der Waals surface area contributed by atoms with Gasteiger partial charge in [0.15, 0.2) is 6.10 Å². The highest BCUT2D eigenvalue weighted by Gasteiger charge is 2.34. The minimum Gasteiger partial charge on any atom is -0.476 e. The Morgan fingerprint density at radius 3 is 2.65 bits per heavy atom. The van der Waals surface area contributed by atoms with Gasteiger partial charge in [0.2, 0.25) is 10.0 Å². The smallest absolute Gasteiger partial charge is 0.263 e. The van der Waals surface area contributed by atoms with Crippen LogP contribution in [0.2, 0.25) is 0 Å². The number of carbonyl (C=O) groups is 1. The van der Waals surface area contributed by atoms with Crippen LogP contribution in [0.4, 0.5) is 5.69 Å². The summed E-state index contributed by atoms with van der Waals surface area (Å²) in [6.07, 6.45) is 0.272. The normalized spacial score (nSPS) is 18.4. The fourth-order valence-electron chi connectivity index (χ4n) is 2.03. The summed E-state index contributed by atoms with van der Waals surface area (Å²) in [6.45, 7) is 3.65. The molecule has 1 amide bonds. The summed E-state index contributed by atoms with van der Waals surface area (Å²) in [5.41, 5.74) is 0.462. The number of sulfonamides is 1. The molecule has 0 aliphatic carbocycles. The quantitative estimate of drug-likeness (QED) is 0.893. The molecule has 2 rings (SSSR count). The molecule has 1 atom stereocenters. The van der Waals surface area contributed by atoms with Gasteiger partial charge in [-0.15, -0.1) is 0 Å². The van der Waals surface area contributed by atoms with Crippen molar-refractivity contribution in [3.8, 4) is 5.75 Å². The number of nitrogens with one attached hydrogen (secondary N) is 1. The molecule has 0 saturated heterocycles. The first kappa shape index (κ1) is 14.6. The minimum absolute atomic E-state index is 0.0194. The second-order valence-electron chi connectivity index (χ2n) is 5.03. The number of benzene rings is 1. The van der Waals surface area contributed by atoms with Gasteiger partial charge in [-0.3, -0.25) is 9.10 Å². The molecule has 0 bridgehead atoms. The highest BCUT2D eigenvalue weighted by molar-refractivity contribution is 7.92. The fourth-order valence-corrected chi connectivity index (χ4v) is 2.94. The lowest BCUT2D eigenvalue weighted by molar-refractivity contribution is -0.128. The van der Waals surface area contributed by atoms with E-state index in [-0.39, 0.29) is 18.5 Å². The number of amides is 1. The molecule has 1 aromatic carbocycles. The van der Waals surface area contributed by atoms with Crippen LogP contribution in [0.25, 0.3) is 0 Å². The maximum Gasteiger partial charge on any atom is 0.263 e. The van der Waals surface area contributed by atoms with Crippen LogP contribution in [0.1, 0.15) is 13.8 Å². The van der Waals surface area contributed by atoms with Crippen LogP contribution < -0.4 is 14.4 Å². The average molecular weight is 298 g/mol. The molecule has 110 valence electrons. The molecule has 0 aromatic heterocycles. The third kappa shape index (κ3) is 3.04. The second-order valence-corrected chi connectivity index (χ2v) is 6.94. The van der Waals surface area contributed by atoms with Crippen molar-refractivity contribution in [2.24, 2.45) is 0 Å². The van der Waals surface area contributed by atoms with Gasteiger partial charge in [0.25, 0.3) is 5.91 Å². The van der Waals surface area contributed by atoms with Crippen LogP contribution >= 0.6 is 0 Å². The Morgan fingerprint density at radius 1 is 1.40 bits per heavy atom. The SMILES string of the molecule is CC(C)NC(=O)[C@@H]1CN(S(C)(=O)=O)c2ccccc2O1. The summed E-state index contributed by atoms with van der Waals surface area (Å²) in [6, 6.07) is 6.75. The summed E-state index contributed by atoms with van der Waals surface area (Å²) in [7, 11) is -3.46. The standard InChI is InChI=1S/C13H18N2O4S/c1-9(2)14-13(16)12-8-15(20(3,17)18)10-6-4-5-7-11(10)19-12/h4-7,9,12H,8H2,1-3H3,(H,14,16)/t12-/m0/s1. The molecule has 0 unspecified atom stereocenters. The molecule has 0 saturated carbocycles. The Morgan fingerprint density at radius 2 is 2.05 bits per heavy atom. The molecule has 7 heteroatoms. The number of carbonyl (C=O) groups excluding carboxylic acids is 1. The molecular weight excluding hydrogens is 280 g/mol. The van der Waals surface area contributed by atoms with Crippen LogP contribution in [0.15, 0.2) is 24.3 Å². The lowest BCUT2D eigenvalue weighted by atomic mass is 10.2. The molecule has 1 aliphatic rings. The van der Waals surface area contributed by atoms with E-state index in [0.29, 0.717) is 11.4 Å². The molecule has 0 fully saturated rings. The Hall–Kier alpha value is -1.76. The van der Waals surface area contributed by atoms with Crippen molar-refractivity contribution in [1.82, 2.24) is 5.32 Å². The van der Waals surface area contributed by atoms with Crippen LogP contribution in [0.3, 0.4) is 0 Å². The molecule has 0 spiro atoms. The van der Waals surface area contributed by atoms with Crippen molar-refractivity contribution in [2.75, 3.05) is 17.1 Å². The van der Waals surface area contributed by atoms with Crippen LogP contribution in [-0.4, -0.2) is 39.3 Å². The third-order valence-electron chi connectivity index (χ3n) is 2.86. The molecule has 20 heavy (non-hydrogen) atoms. The van der Waals surface area contributed by atoms with Gasteiger partial charge in [0.1, 0.15) is 5.75 Å². The summed E-state index contributed by atoms with van der Waals surface area (Å²) >= 11 is 0. The van der Waals surface area contributed by atoms with Crippen LogP contribution in [0.5, 0.6) is 5.75 Å². The van der Waals surface area contributed by atoms with Gasteiger partial charge in [0.05, 0.1) is 18.5 Å². The van der Waals surface area contributed by atoms with Gasteiger partial charge >= 0.3 is 0 Å². The number of hydrogen-bond donors (Lipinski definition) is 1. The maximum atomic E-state index is 12.0.